The number of hydrogen-bond acceptors (Lipinski definition) is 3. The van der Waals surface area contributed by atoms with E-state index in [2.05, 4.69) is 36.3 Å². The van der Waals surface area contributed by atoms with Gasteiger partial charge in [-0.05, 0) is 49.9 Å². The van der Waals surface area contributed by atoms with Crippen LogP contribution in [-0.4, -0.2) is 24.7 Å². The van der Waals surface area contributed by atoms with Crippen LogP contribution in [0.3, 0.4) is 0 Å². The van der Waals surface area contributed by atoms with Gasteiger partial charge in [0.15, 0.2) is 0 Å². The molecular weight excluding hydrogens is 212 g/mol. The second kappa shape index (κ2) is 6.12. The molecule has 3 heteroatoms. The molecule has 17 heavy (non-hydrogen) atoms. The van der Waals surface area contributed by atoms with Crippen molar-refractivity contribution in [1.29, 1.82) is 0 Å². The van der Waals surface area contributed by atoms with Crippen LogP contribution in [0.15, 0.2) is 18.3 Å². The van der Waals surface area contributed by atoms with Crippen LogP contribution in [0.25, 0.3) is 0 Å². The summed E-state index contributed by atoms with van der Waals surface area (Å²) >= 11 is 0. The summed E-state index contributed by atoms with van der Waals surface area (Å²) in [5, 5.41) is 3.61. The summed E-state index contributed by atoms with van der Waals surface area (Å²) in [5.41, 5.74) is 2.46. The van der Waals surface area contributed by atoms with Gasteiger partial charge in [-0.3, -0.25) is 4.98 Å². The molecule has 0 spiro atoms. The molecule has 1 aliphatic rings. The molecule has 1 aromatic rings. The molecule has 1 fully saturated rings. The van der Waals surface area contributed by atoms with E-state index >= 15 is 0 Å². The molecule has 2 rings (SSSR count). The van der Waals surface area contributed by atoms with Crippen molar-refractivity contribution in [3.05, 3.63) is 29.6 Å². The first-order valence-corrected chi connectivity index (χ1v) is 6.55. The van der Waals surface area contributed by atoms with Crippen molar-refractivity contribution in [3.63, 3.8) is 0 Å². The lowest BCUT2D eigenvalue weighted by molar-refractivity contribution is 0.0538. The number of aromatic nitrogens is 1. The Kier molecular flexibility index (Phi) is 4.51. The van der Waals surface area contributed by atoms with E-state index in [0.717, 1.165) is 38.3 Å². The minimum absolute atomic E-state index is 0.450. The predicted octanol–water partition coefficient (Wildman–Crippen LogP) is 2.47. The maximum absolute atomic E-state index is 5.45. The third kappa shape index (κ3) is 3.27. The topological polar surface area (TPSA) is 34.2 Å². The molecule has 0 saturated carbocycles. The van der Waals surface area contributed by atoms with Gasteiger partial charge in [-0.25, -0.2) is 0 Å². The first-order valence-electron chi connectivity index (χ1n) is 6.55. The van der Waals surface area contributed by atoms with Crippen molar-refractivity contribution in [1.82, 2.24) is 10.3 Å². The summed E-state index contributed by atoms with van der Waals surface area (Å²) in [6.07, 6.45) is 4.21. The number of nitrogens with one attached hydrogen (secondary N) is 1. The molecule has 3 nitrogen and oxygen atoms in total. The molecule has 0 aromatic carbocycles. The molecule has 0 aliphatic carbocycles. The fourth-order valence-electron chi connectivity index (χ4n) is 2.59. The molecule has 0 radical (unpaired) electrons. The molecule has 1 aliphatic heterocycles. The number of aryl methyl sites for hydroxylation is 1. The summed E-state index contributed by atoms with van der Waals surface area (Å²) in [6.45, 7) is 7.02. The predicted molar refractivity (Wildman–Crippen MR) is 68.9 cm³/mol. The van der Waals surface area contributed by atoms with Crippen molar-refractivity contribution < 1.29 is 4.74 Å². The van der Waals surface area contributed by atoms with E-state index in [1.807, 2.05) is 6.20 Å². The summed E-state index contributed by atoms with van der Waals surface area (Å²) in [6, 6.07) is 4.78. The van der Waals surface area contributed by atoms with E-state index in [1.165, 1.54) is 5.56 Å². The normalized spacial score (nSPS) is 19.2. The minimum atomic E-state index is 0.450. The van der Waals surface area contributed by atoms with E-state index < -0.39 is 0 Å². The fraction of sp³-hybridized carbons (Fsp3) is 0.643. The Morgan fingerprint density at radius 1 is 1.47 bits per heavy atom. The molecule has 94 valence electrons. The third-order valence-corrected chi connectivity index (χ3v) is 3.44. The third-order valence-electron chi connectivity index (χ3n) is 3.44. The lowest BCUT2D eigenvalue weighted by Crippen LogP contribution is -2.32. The molecule has 1 atom stereocenters. The molecule has 1 N–H and O–H groups in total. The van der Waals surface area contributed by atoms with Gasteiger partial charge in [0, 0.05) is 31.1 Å². The molecule has 1 unspecified atom stereocenters. The highest BCUT2D eigenvalue weighted by atomic mass is 16.5. The van der Waals surface area contributed by atoms with Crippen molar-refractivity contribution in [2.75, 3.05) is 19.8 Å². The monoisotopic (exact) mass is 234 g/mol. The first kappa shape index (κ1) is 12.5. The van der Waals surface area contributed by atoms with Gasteiger partial charge in [0.1, 0.15) is 0 Å². The molecule has 0 bridgehead atoms. The Balaban J connectivity index is 2.15. The van der Waals surface area contributed by atoms with Crippen LogP contribution in [0.4, 0.5) is 0 Å². The largest absolute Gasteiger partial charge is 0.381 e. The van der Waals surface area contributed by atoms with Gasteiger partial charge in [0.25, 0.3) is 0 Å². The lowest BCUT2D eigenvalue weighted by Gasteiger charge is -2.31. The molecule has 0 amide bonds. The van der Waals surface area contributed by atoms with Crippen molar-refractivity contribution in [3.8, 4) is 0 Å². The molecular formula is C14H22N2O. The Bertz CT molecular complexity index is 348. The van der Waals surface area contributed by atoms with Gasteiger partial charge < -0.3 is 10.1 Å². The van der Waals surface area contributed by atoms with Crippen LogP contribution in [0.5, 0.6) is 0 Å². The van der Waals surface area contributed by atoms with Gasteiger partial charge in [0.2, 0.25) is 0 Å². The van der Waals surface area contributed by atoms with Crippen molar-refractivity contribution >= 4 is 0 Å². The number of hydrogen-bond donors (Lipinski definition) is 1. The summed E-state index contributed by atoms with van der Waals surface area (Å²) in [7, 11) is 0. The minimum Gasteiger partial charge on any atom is -0.381 e. The van der Waals surface area contributed by atoms with E-state index in [1.54, 1.807) is 0 Å². The zero-order valence-electron chi connectivity index (χ0n) is 10.8. The Hall–Kier alpha value is -0.930. The average molecular weight is 234 g/mol. The Labute approximate surface area is 104 Å². The van der Waals surface area contributed by atoms with E-state index in [9.17, 15) is 0 Å². The second-order valence-corrected chi connectivity index (χ2v) is 4.72. The highest BCUT2D eigenvalue weighted by Gasteiger charge is 2.24. The highest BCUT2D eigenvalue weighted by molar-refractivity contribution is 5.20. The SMILES string of the molecule is CCNC(c1ccnc(C)c1)C1CCOCC1. The second-order valence-electron chi connectivity index (χ2n) is 4.72. The van der Waals surface area contributed by atoms with Crippen molar-refractivity contribution in [2.45, 2.75) is 32.7 Å². The fourth-order valence-corrected chi connectivity index (χ4v) is 2.59. The number of rotatable bonds is 4. The van der Waals surface area contributed by atoms with Gasteiger partial charge in [-0.15, -0.1) is 0 Å². The zero-order valence-corrected chi connectivity index (χ0v) is 10.8. The quantitative estimate of drug-likeness (QED) is 0.869. The Morgan fingerprint density at radius 2 is 2.24 bits per heavy atom. The number of nitrogens with zero attached hydrogens (tertiary/aromatic N) is 1. The standard InChI is InChI=1S/C14H22N2O/c1-3-15-14(12-5-8-17-9-6-12)13-4-7-16-11(2)10-13/h4,7,10,12,14-15H,3,5-6,8-9H2,1-2H3. The number of ether oxygens (including phenoxy) is 1. The summed E-state index contributed by atoms with van der Waals surface area (Å²) in [4.78, 5) is 4.28. The van der Waals surface area contributed by atoms with Gasteiger partial charge in [-0.1, -0.05) is 6.92 Å². The summed E-state index contributed by atoms with van der Waals surface area (Å²) in [5.74, 6) is 0.686. The van der Waals surface area contributed by atoms with Crippen LogP contribution in [0.2, 0.25) is 0 Å². The van der Waals surface area contributed by atoms with Crippen LogP contribution in [0.1, 0.15) is 37.1 Å². The molecule has 2 heterocycles. The van der Waals surface area contributed by atoms with E-state index in [4.69, 9.17) is 4.74 Å². The van der Waals surface area contributed by atoms with Gasteiger partial charge in [-0.2, -0.15) is 0 Å². The molecule has 1 aromatic heterocycles. The van der Waals surface area contributed by atoms with Crippen molar-refractivity contribution in [2.24, 2.45) is 5.92 Å². The van der Waals surface area contributed by atoms with Gasteiger partial charge >= 0.3 is 0 Å². The molecule has 1 saturated heterocycles. The average Bonchev–Trinajstić information content (AvgIpc) is 2.37. The maximum Gasteiger partial charge on any atom is 0.0469 e. The van der Waals surface area contributed by atoms with E-state index in [-0.39, 0.29) is 0 Å². The lowest BCUT2D eigenvalue weighted by atomic mass is 9.87. The Morgan fingerprint density at radius 3 is 2.88 bits per heavy atom. The van der Waals surface area contributed by atoms with E-state index in [0.29, 0.717) is 12.0 Å². The zero-order chi connectivity index (χ0) is 12.1. The number of pyridine rings is 1. The van der Waals surface area contributed by atoms with Crippen LogP contribution >= 0.6 is 0 Å². The van der Waals surface area contributed by atoms with Gasteiger partial charge in [0.05, 0.1) is 0 Å². The smallest absolute Gasteiger partial charge is 0.0469 e. The first-order chi connectivity index (χ1) is 8.31. The maximum atomic E-state index is 5.45. The van der Waals surface area contributed by atoms with Crippen LogP contribution in [-0.2, 0) is 4.74 Å². The highest BCUT2D eigenvalue weighted by Crippen LogP contribution is 2.29. The van der Waals surface area contributed by atoms with Crippen LogP contribution in [0, 0.1) is 12.8 Å². The summed E-state index contributed by atoms with van der Waals surface area (Å²) < 4.78 is 5.45. The van der Waals surface area contributed by atoms with Crippen LogP contribution < -0.4 is 5.32 Å².